The summed E-state index contributed by atoms with van der Waals surface area (Å²) in [4.78, 5) is 10.7. The van der Waals surface area contributed by atoms with Crippen molar-refractivity contribution in [2.75, 3.05) is 6.26 Å². The zero-order chi connectivity index (χ0) is 13.2. The Balaban J connectivity index is 2.60. The summed E-state index contributed by atoms with van der Waals surface area (Å²) in [7, 11) is -3.27. The molecule has 18 heavy (non-hydrogen) atoms. The topological polar surface area (TPSA) is 51.2 Å². The summed E-state index contributed by atoms with van der Waals surface area (Å²) in [6, 6.07) is 13.4. The van der Waals surface area contributed by atoms with Crippen LogP contribution in [0.5, 0.6) is 0 Å². The van der Waals surface area contributed by atoms with E-state index >= 15 is 0 Å². The van der Waals surface area contributed by atoms with E-state index in [1.54, 1.807) is 54.8 Å². The van der Waals surface area contributed by atoms with Crippen LogP contribution in [0.4, 0.5) is 0 Å². The van der Waals surface area contributed by atoms with Crippen LogP contribution in [0.1, 0.15) is 5.56 Å². The second-order valence-electron chi connectivity index (χ2n) is 3.95. The van der Waals surface area contributed by atoms with Gasteiger partial charge in [0.05, 0.1) is 4.90 Å². The van der Waals surface area contributed by atoms with Gasteiger partial charge in [0, 0.05) is 17.4 Å². The van der Waals surface area contributed by atoms with Crippen molar-refractivity contribution in [1.82, 2.24) is 0 Å². The van der Waals surface area contributed by atoms with Crippen LogP contribution >= 0.6 is 0 Å². The van der Waals surface area contributed by atoms with E-state index in [1.165, 1.54) is 6.26 Å². The van der Waals surface area contributed by atoms with E-state index in [0.717, 1.165) is 5.56 Å². The summed E-state index contributed by atoms with van der Waals surface area (Å²) in [5, 5.41) is 0. The molecule has 0 fully saturated rings. The van der Waals surface area contributed by atoms with Crippen molar-refractivity contribution in [2.45, 2.75) is 4.90 Å². The van der Waals surface area contributed by atoms with E-state index < -0.39 is 9.84 Å². The Bertz CT molecular complexity index is 670. The molecule has 0 heterocycles. The predicted octanol–water partition coefficient (Wildman–Crippen LogP) is 2.21. The molecule has 0 aliphatic heterocycles. The van der Waals surface area contributed by atoms with Gasteiger partial charge in [-0.3, -0.25) is 4.79 Å². The molecule has 2 rings (SSSR count). The molecule has 1 radical (unpaired) electrons. The molecule has 91 valence electrons. The maximum atomic E-state index is 11.7. The molecule has 0 aliphatic carbocycles. The van der Waals surface area contributed by atoms with E-state index in [9.17, 15) is 13.2 Å². The van der Waals surface area contributed by atoms with Crippen LogP contribution in [0.15, 0.2) is 53.4 Å². The summed E-state index contributed by atoms with van der Waals surface area (Å²) >= 11 is 0. The molecule has 2 aromatic carbocycles. The first-order chi connectivity index (χ1) is 8.52. The first kappa shape index (κ1) is 12.5. The van der Waals surface area contributed by atoms with Crippen LogP contribution in [-0.2, 0) is 14.6 Å². The minimum atomic E-state index is -3.27. The normalized spacial score (nSPS) is 11.2. The molecule has 0 unspecified atom stereocenters. The molecular formula is C14H11O3S. The highest BCUT2D eigenvalue weighted by atomic mass is 32.2. The largest absolute Gasteiger partial charge is 0.285 e. The van der Waals surface area contributed by atoms with Gasteiger partial charge in [0.25, 0.3) is 0 Å². The Hall–Kier alpha value is -1.94. The molecule has 0 saturated heterocycles. The molecule has 0 bridgehead atoms. The van der Waals surface area contributed by atoms with Gasteiger partial charge in [-0.15, -0.1) is 0 Å². The molecule has 0 aliphatic rings. The van der Waals surface area contributed by atoms with Gasteiger partial charge in [0.2, 0.25) is 6.29 Å². The summed E-state index contributed by atoms with van der Waals surface area (Å²) in [5.41, 5.74) is 1.84. The number of hydrogen-bond donors (Lipinski definition) is 0. The van der Waals surface area contributed by atoms with Crippen molar-refractivity contribution in [1.29, 1.82) is 0 Å². The lowest BCUT2D eigenvalue weighted by molar-refractivity contribution is 0.562. The number of benzene rings is 2. The van der Waals surface area contributed by atoms with Crippen LogP contribution in [-0.4, -0.2) is 21.0 Å². The average Bonchev–Trinajstić information content (AvgIpc) is 2.38. The molecule has 0 aromatic heterocycles. The van der Waals surface area contributed by atoms with E-state index in [1.807, 2.05) is 0 Å². The highest BCUT2D eigenvalue weighted by molar-refractivity contribution is 7.90. The Morgan fingerprint density at radius 3 is 2.11 bits per heavy atom. The van der Waals surface area contributed by atoms with Gasteiger partial charge in [-0.2, -0.15) is 0 Å². The van der Waals surface area contributed by atoms with Crippen molar-refractivity contribution >= 4 is 16.1 Å². The smallest absolute Gasteiger partial charge is 0.233 e. The minimum absolute atomic E-state index is 0.285. The highest BCUT2D eigenvalue weighted by Gasteiger charge is 2.13. The number of carbonyl (C=O) groups excluding carboxylic acids is 1. The highest BCUT2D eigenvalue weighted by Crippen LogP contribution is 2.27. The van der Waals surface area contributed by atoms with Gasteiger partial charge in [-0.25, -0.2) is 8.42 Å². The summed E-state index contributed by atoms with van der Waals surface area (Å²) in [6.45, 7) is 0. The van der Waals surface area contributed by atoms with Gasteiger partial charge in [0.1, 0.15) is 0 Å². The lowest BCUT2D eigenvalue weighted by atomic mass is 10.0. The zero-order valence-corrected chi connectivity index (χ0v) is 10.6. The molecule has 0 amide bonds. The van der Waals surface area contributed by atoms with Gasteiger partial charge in [-0.1, -0.05) is 42.5 Å². The minimum Gasteiger partial charge on any atom is -0.285 e. The maximum absolute atomic E-state index is 11.7. The summed E-state index contributed by atoms with van der Waals surface area (Å²) < 4.78 is 23.4. The van der Waals surface area contributed by atoms with Gasteiger partial charge < -0.3 is 0 Å². The lowest BCUT2D eigenvalue weighted by Crippen LogP contribution is -1.99. The Morgan fingerprint density at radius 2 is 1.56 bits per heavy atom. The van der Waals surface area contributed by atoms with E-state index in [-0.39, 0.29) is 4.90 Å². The van der Waals surface area contributed by atoms with E-state index in [0.29, 0.717) is 11.1 Å². The van der Waals surface area contributed by atoms with Crippen LogP contribution in [0.3, 0.4) is 0 Å². The maximum Gasteiger partial charge on any atom is 0.233 e. The van der Waals surface area contributed by atoms with Crippen LogP contribution in [0.25, 0.3) is 11.1 Å². The predicted molar refractivity (Wildman–Crippen MR) is 69.8 cm³/mol. The Kier molecular flexibility index (Phi) is 3.30. The summed E-state index contributed by atoms with van der Waals surface area (Å²) in [6.07, 6.45) is 2.96. The molecule has 2 aromatic rings. The van der Waals surface area contributed by atoms with Gasteiger partial charge in [-0.05, 0) is 11.6 Å². The van der Waals surface area contributed by atoms with E-state index in [4.69, 9.17) is 0 Å². The quantitative estimate of drug-likeness (QED) is 0.849. The second-order valence-corrected chi connectivity index (χ2v) is 5.93. The molecular weight excluding hydrogens is 248 g/mol. The number of rotatable bonds is 3. The average molecular weight is 259 g/mol. The molecule has 4 heteroatoms. The Morgan fingerprint density at radius 1 is 0.944 bits per heavy atom. The molecule has 0 saturated carbocycles. The van der Waals surface area contributed by atoms with Crippen LogP contribution < -0.4 is 0 Å². The Labute approximate surface area is 106 Å². The van der Waals surface area contributed by atoms with Crippen LogP contribution in [0.2, 0.25) is 0 Å². The summed E-state index contributed by atoms with van der Waals surface area (Å²) in [5.74, 6) is 0. The fourth-order valence-electron chi connectivity index (χ4n) is 1.75. The SMILES string of the molecule is CS(=O)(=O)c1ccccc1-c1ccc([C]=O)cc1. The van der Waals surface area contributed by atoms with Crippen LogP contribution in [0, 0.1) is 0 Å². The molecule has 0 atom stereocenters. The van der Waals surface area contributed by atoms with Crippen molar-refractivity contribution < 1.29 is 13.2 Å². The van der Waals surface area contributed by atoms with Gasteiger partial charge >= 0.3 is 0 Å². The molecule has 0 spiro atoms. The standard InChI is InChI=1S/C14H11O3S/c1-18(16,17)14-5-3-2-4-13(14)12-8-6-11(10-15)7-9-12/h2-9H,1H3. The number of sulfone groups is 1. The second kappa shape index (κ2) is 4.74. The first-order valence-corrected chi connectivity index (χ1v) is 7.19. The fourth-order valence-corrected chi connectivity index (χ4v) is 2.66. The fraction of sp³-hybridized carbons (Fsp3) is 0.0714. The third-order valence-electron chi connectivity index (χ3n) is 2.60. The number of hydrogen-bond acceptors (Lipinski definition) is 3. The monoisotopic (exact) mass is 259 g/mol. The van der Waals surface area contributed by atoms with Crippen molar-refractivity contribution in [3.63, 3.8) is 0 Å². The van der Waals surface area contributed by atoms with E-state index in [2.05, 4.69) is 0 Å². The molecule has 0 N–H and O–H groups in total. The zero-order valence-electron chi connectivity index (χ0n) is 9.75. The van der Waals surface area contributed by atoms with Crippen molar-refractivity contribution in [3.05, 3.63) is 54.1 Å². The van der Waals surface area contributed by atoms with Crippen molar-refractivity contribution in [2.24, 2.45) is 0 Å². The third kappa shape index (κ3) is 2.49. The van der Waals surface area contributed by atoms with Gasteiger partial charge in [0.15, 0.2) is 9.84 Å². The molecule has 3 nitrogen and oxygen atoms in total. The first-order valence-electron chi connectivity index (χ1n) is 5.30. The third-order valence-corrected chi connectivity index (χ3v) is 3.76. The lowest BCUT2D eigenvalue weighted by Gasteiger charge is -2.07. The van der Waals surface area contributed by atoms with Crippen molar-refractivity contribution in [3.8, 4) is 11.1 Å².